The predicted octanol–water partition coefficient (Wildman–Crippen LogP) is 6.59. The average molecular weight is 458 g/mol. The molecule has 0 aliphatic heterocycles. The van der Waals surface area contributed by atoms with Gasteiger partial charge in [-0.2, -0.15) is 0 Å². The normalized spacial score (nSPS) is 10.9. The average Bonchev–Trinajstić information content (AvgIpc) is 2.78. The van der Waals surface area contributed by atoms with Crippen LogP contribution < -0.4 is 14.9 Å². The Morgan fingerprint density at radius 3 is 2.15 bits per heavy atom. The minimum atomic E-state index is -0.644. The van der Waals surface area contributed by atoms with E-state index in [0.29, 0.717) is 41.3 Å². The number of pyridine rings is 1. The zero-order valence-corrected chi connectivity index (χ0v) is 20.7. The van der Waals surface area contributed by atoms with Gasteiger partial charge in [-0.1, -0.05) is 58.4 Å². The number of carbonyl (C=O) groups excluding carboxylic acids is 1. The number of nitrogens with zero attached hydrogens (tertiary/aromatic N) is 1. The molecule has 0 saturated carbocycles. The summed E-state index contributed by atoms with van der Waals surface area (Å²) in [5, 5.41) is 0.373. The van der Waals surface area contributed by atoms with Crippen molar-refractivity contribution < 1.29 is 19.0 Å². The van der Waals surface area contributed by atoms with Crippen molar-refractivity contribution in [2.75, 3.05) is 19.8 Å². The fourth-order valence-corrected chi connectivity index (χ4v) is 3.80. The van der Waals surface area contributed by atoms with Crippen molar-refractivity contribution in [1.29, 1.82) is 0 Å². The Morgan fingerprint density at radius 2 is 1.55 bits per heavy atom. The SMILES string of the molecule is C=C(C)n1cc(C(=O)OCC)c(=O)c2cc(OCCCCCCCCCC)c(OCC)cc21. The topological polar surface area (TPSA) is 66.8 Å². The van der Waals surface area contributed by atoms with Gasteiger partial charge in [-0.15, -0.1) is 0 Å². The summed E-state index contributed by atoms with van der Waals surface area (Å²) in [7, 11) is 0. The van der Waals surface area contributed by atoms with Crippen molar-refractivity contribution in [2.45, 2.75) is 79.1 Å². The molecule has 0 fully saturated rings. The van der Waals surface area contributed by atoms with Crippen LogP contribution in [0.25, 0.3) is 16.6 Å². The van der Waals surface area contributed by atoms with Crippen LogP contribution >= 0.6 is 0 Å². The van der Waals surface area contributed by atoms with Crippen LogP contribution in [-0.4, -0.2) is 30.4 Å². The summed E-state index contributed by atoms with van der Waals surface area (Å²) in [5.74, 6) is 0.441. The van der Waals surface area contributed by atoms with Crippen LogP contribution in [0.3, 0.4) is 0 Å². The van der Waals surface area contributed by atoms with Gasteiger partial charge in [0.2, 0.25) is 5.43 Å². The highest BCUT2D eigenvalue weighted by atomic mass is 16.5. The first-order valence-electron chi connectivity index (χ1n) is 12.3. The monoisotopic (exact) mass is 457 g/mol. The van der Waals surface area contributed by atoms with E-state index in [9.17, 15) is 9.59 Å². The maximum atomic E-state index is 13.1. The molecule has 0 N–H and O–H groups in total. The van der Waals surface area contributed by atoms with E-state index in [-0.39, 0.29) is 17.6 Å². The molecule has 0 amide bonds. The third kappa shape index (κ3) is 7.37. The first-order valence-corrected chi connectivity index (χ1v) is 12.3. The lowest BCUT2D eigenvalue weighted by Crippen LogP contribution is -2.20. The molecule has 1 aromatic carbocycles. The number of rotatable bonds is 15. The van der Waals surface area contributed by atoms with Gasteiger partial charge in [0.25, 0.3) is 0 Å². The molecule has 2 rings (SSSR count). The Bertz CT molecular complexity index is 992. The minimum Gasteiger partial charge on any atom is -0.490 e. The van der Waals surface area contributed by atoms with Crippen molar-refractivity contribution in [3.63, 3.8) is 0 Å². The van der Waals surface area contributed by atoms with Gasteiger partial charge in [0.05, 0.1) is 30.7 Å². The van der Waals surface area contributed by atoms with Gasteiger partial charge in [-0.05, 0) is 33.3 Å². The number of allylic oxidation sites excluding steroid dienone is 1. The van der Waals surface area contributed by atoms with Gasteiger partial charge >= 0.3 is 5.97 Å². The molecule has 0 radical (unpaired) electrons. The summed E-state index contributed by atoms with van der Waals surface area (Å²) in [5.41, 5.74) is 0.871. The first-order chi connectivity index (χ1) is 15.9. The second-order valence-electron chi connectivity index (χ2n) is 8.27. The molecule has 0 bridgehead atoms. The van der Waals surface area contributed by atoms with Crippen molar-refractivity contribution in [2.24, 2.45) is 0 Å². The number of hydrogen-bond acceptors (Lipinski definition) is 5. The zero-order chi connectivity index (χ0) is 24.2. The van der Waals surface area contributed by atoms with E-state index in [4.69, 9.17) is 14.2 Å². The van der Waals surface area contributed by atoms with E-state index in [1.165, 1.54) is 44.7 Å². The Hall–Kier alpha value is -2.76. The molecule has 1 aromatic heterocycles. The Kier molecular flexibility index (Phi) is 11.0. The van der Waals surface area contributed by atoms with Gasteiger partial charge < -0.3 is 18.8 Å². The molecule has 0 unspecified atom stereocenters. The minimum absolute atomic E-state index is 0.0227. The molecular formula is C27H39NO5. The molecule has 1 heterocycles. The molecule has 6 heteroatoms. The first kappa shape index (κ1) is 26.5. The van der Waals surface area contributed by atoms with Gasteiger partial charge in [0.1, 0.15) is 5.56 Å². The van der Waals surface area contributed by atoms with E-state index >= 15 is 0 Å². The fourth-order valence-electron chi connectivity index (χ4n) is 3.80. The predicted molar refractivity (Wildman–Crippen MR) is 134 cm³/mol. The summed E-state index contributed by atoms with van der Waals surface area (Å²) in [6.45, 7) is 12.9. The number of unbranched alkanes of at least 4 members (excludes halogenated alkanes) is 7. The summed E-state index contributed by atoms with van der Waals surface area (Å²) >= 11 is 0. The van der Waals surface area contributed by atoms with Crippen LogP contribution in [-0.2, 0) is 4.74 Å². The number of carbonyl (C=O) groups is 1. The van der Waals surface area contributed by atoms with E-state index in [2.05, 4.69) is 13.5 Å². The second-order valence-corrected chi connectivity index (χ2v) is 8.27. The largest absolute Gasteiger partial charge is 0.490 e. The van der Waals surface area contributed by atoms with Crippen molar-refractivity contribution in [3.8, 4) is 11.5 Å². The van der Waals surface area contributed by atoms with Gasteiger partial charge in [0.15, 0.2) is 11.5 Å². The highest BCUT2D eigenvalue weighted by Crippen LogP contribution is 2.33. The highest BCUT2D eigenvalue weighted by molar-refractivity contribution is 5.95. The van der Waals surface area contributed by atoms with E-state index in [1.54, 1.807) is 23.6 Å². The third-order valence-electron chi connectivity index (χ3n) is 5.53. The molecule has 0 saturated heterocycles. The summed E-state index contributed by atoms with van der Waals surface area (Å²) in [6, 6.07) is 3.46. The molecule has 33 heavy (non-hydrogen) atoms. The van der Waals surface area contributed by atoms with Crippen LogP contribution in [0.2, 0.25) is 0 Å². The standard InChI is InChI=1S/C27H39NO5/c1-6-9-10-11-12-13-14-15-16-33-24-17-21-23(18-25(24)31-7-2)28(20(4)5)19-22(26(21)29)27(30)32-8-3/h17-19H,4,6-16H2,1-3,5H3. The van der Waals surface area contributed by atoms with Crippen molar-refractivity contribution >= 4 is 22.6 Å². The van der Waals surface area contributed by atoms with Gasteiger partial charge in [-0.25, -0.2) is 4.79 Å². The van der Waals surface area contributed by atoms with Gasteiger partial charge in [-0.3, -0.25) is 4.79 Å². The van der Waals surface area contributed by atoms with E-state index in [0.717, 1.165) is 12.8 Å². The lowest BCUT2D eigenvalue weighted by Gasteiger charge is -2.17. The molecule has 0 spiro atoms. The van der Waals surface area contributed by atoms with Crippen LogP contribution in [0, 0.1) is 0 Å². The molecule has 0 aliphatic carbocycles. The smallest absolute Gasteiger partial charge is 0.343 e. The van der Waals surface area contributed by atoms with Crippen LogP contribution in [0.4, 0.5) is 0 Å². The molecule has 0 atom stereocenters. The molecule has 6 nitrogen and oxygen atoms in total. The van der Waals surface area contributed by atoms with Crippen LogP contribution in [0.5, 0.6) is 11.5 Å². The van der Waals surface area contributed by atoms with Gasteiger partial charge in [0, 0.05) is 18.0 Å². The summed E-state index contributed by atoms with van der Waals surface area (Å²) in [6.07, 6.45) is 11.2. The fraction of sp³-hybridized carbons (Fsp3) is 0.556. The van der Waals surface area contributed by atoms with E-state index in [1.807, 2.05) is 13.8 Å². The van der Waals surface area contributed by atoms with Crippen LogP contribution in [0.1, 0.15) is 89.4 Å². The molecule has 182 valence electrons. The van der Waals surface area contributed by atoms with Crippen LogP contribution in [0.15, 0.2) is 29.7 Å². The van der Waals surface area contributed by atoms with Crippen molar-refractivity contribution in [3.05, 3.63) is 40.7 Å². The lowest BCUT2D eigenvalue weighted by atomic mass is 10.1. The number of benzene rings is 1. The third-order valence-corrected chi connectivity index (χ3v) is 5.53. The number of ether oxygens (including phenoxy) is 3. The number of hydrogen-bond donors (Lipinski definition) is 0. The lowest BCUT2D eigenvalue weighted by molar-refractivity contribution is 0.0524. The van der Waals surface area contributed by atoms with Crippen molar-refractivity contribution in [1.82, 2.24) is 4.57 Å². The maximum Gasteiger partial charge on any atom is 0.343 e. The molecular weight excluding hydrogens is 418 g/mol. The Morgan fingerprint density at radius 1 is 0.909 bits per heavy atom. The Labute approximate surface area is 197 Å². The molecule has 2 aromatic rings. The second kappa shape index (κ2) is 13.7. The molecule has 0 aliphatic rings. The maximum absolute atomic E-state index is 13.1. The number of aromatic nitrogens is 1. The number of fused-ring (bicyclic) bond motifs is 1. The zero-order valence-electron chi connectivity index (χ0n) is 20.7. The summed E-state index contributed by atoms with van der Waals surface area (Å²) < 4.78 is 18.6. The Balaban J connectivity index is 2.25. The highest BCUT2D eigenvalue weighted by Gasteiger charge is 2.19. The van der Waals surface area contributed by atoms with E-state index < -0.39 is 5.97 Å². The quantitative estimate of drug-likeness (QED) is 0.223. The number of esters is 1. The summed E-state index contributed by atoms with van der Waals surface area (Å²) in [4.78, 5) is 25.5.